The second kappa shape index (κ2) is 5.23. The van der Waals surface area contributed by atoms with Gasteiger partial charge in [-0.2, -0.15) is 0 Å². The van der Waals surface area contributed by atoms with Gasteiger partial charge in [0.15, 0.2) is 4.77 Å². The Bertz CT molecular complexity index is 580. The summed E-state index contributed by atoms with van der Waals surface area (Å²) in [4.78, 5) is 18.3. The van der Waals surface area contributed by atoms with E-state index in [1.165, 1.54) is 0 Å². The van der Waals surface area contributed by atoms with Crippen molar-refractivity contribution in [2.24, 2.45) is 4.99 Å². The molecule has 1 aliphatic rings. The molecule has 0 atom stereocenters. The summed E-state index contributed by atoms with van der Waals surface area (Å²) < 4.78 is 2.48. The predicted octanol–water partition coefficient (Wildman–Crippen LogP) is 2.17. The fraction of sp³-hybridized carbons (Fsp3) is 0.417. The Morgan fingerprint density at radius 2 is 2.41 bits per heavy atom. The number of aromatic nitrogens is 2. The van der Waals surface area contributed by atoms with Crippen LogP contribution < -0.4 is 5.56 Å². The quantitative estimate of drug-likeness (QED) is 0.831. The van der Waals surface area contributed by atoms with Gasteiger partial charge in [0.2, 0.25) is 0 Å². The summed E-state index contributed by atoms with van der Waals surface area (Å²) in [7, 11) is 0. The first-order chi connectivity index (χ1) is 8.22. The number of nitrogens with zero attached hydrogens (tertiary/aromatic N) is 2. The number of hydrogen-bond donors (Lipinski definition) is 1. The van der Waals surface area contributed by atoms with Crippen molar-refractivity contribution in [1.29, 1.82) is 0 Å². The second-order valence-corrected chi connectivity index (χ2v) is 4.40. The minimum atomic E-state index is -0.148. The van der Waals surface area contributed by atoms with Gasteiger partial charge in [-0.1, -0.05) is 13.3 Å². The van der Waals surface area contributed by atoms with Crippen molar-refractivity contribution < 1.29 is 0 Å². The number of nitrogens with one attached hydrogen (secondary N) is 1. The number of aromatic amines is 1. The van der Waals surface area contributed by atoms with Gasteiger partial charge in [0.05, 0.1) is 12.2 Å². The van der Waals surface area contributed by atoms with Crippen LogP contribution in [-0.4, -0.2) is 22.3 Å². The highest BCUT2D eigenvalue weighted by molar-refractivity contribution is 7.71. The SMILES string of the molecule is CCCCn1c(C2=CC=NC2)cc(=O)[nH]c1=S. The standard InChI is InChI=1S/C12H15N3OS/c1-2-3-6-15-10(9-4-5-13-8-9)7-11(16)14-12(15)17/h4-5,7H,2-3,6,8H2,1H3,(H,14,16,17). The van der Waals surface area contributed by atoms with Gasteiger partial charge in [-0.3, -0.25) is 14.8 Å². The fourth-order valence-corrected chi connectivity index (χ4v) is 2.13. The lowest BCUT2D eigenvalue weighted by atomic mass is 10.2. The van der Waals surface area contributed by atoms with Gasteiger partial charge in [-0.05, 0) is 30.3 Å². The highest BCUT2D eigenvalue weighted by Gasteiger charge is 2.10. The molecule has 0 unspecified atom stereocenters. The zero-order valence-corrected chi connectivity index (χ0v) is 10.6. The summed E-state index contributed by atoms with van der Waals surface area (Å²) >= 11 is 5.22. The van der Waals surface area contributed by atoms with Crippen molar-refractivity contribution in [3.05, 3.63) is 33.0 Å². The topological polar surface area (TPSA) is 50.1 Å². The molecule has 1 N–H and O–H groups in total. The van der Waals surface area contributed by atoms with Crippen LogP contribution in [0.15, 0.2) is 21.9 Å². The molecule has 2 heterocycles. The molecule has 1 aromatic heterocycles. The summed E-state index contributed by atoms with van der Waals surface area (Å²) in [6.45, 7) is 3.59. The summed E-state index contributed by atoms with van der Waals surface area (Å²) in [5.74, 6) is 0. The Labute approximate surface area is 105 Å². The molecule has 0 bridgehead atoms. The van der Waals surface area contributed by atoms with Crippen LogP contribution in [0.1, 0.15) is 25.5 Å². The van der Waals surface area contributed by atoms with Crippen LogP contribution in [0.5, 0.6) is 0 Å². The summed E-state index contributed by atoms with van der Waals surface area (Å²) in [6, 6.07) is 1.60. The average molecular weight is 249 g/mol. The Balaban J connectivity index is 2.47. The normalized spacial score (nSPS) is 14.1. The third kappa shape index (κ3) is 2.61. The number of aliphatic imine (C=N–C) groups is 1. The molecule has 0 spiro atoms. The largest absolute Gasteiger partial charge is 0.318 e. The Morgan fingerprint density at radius 1 is 1.59 bits per heavy atom. The van der Waals surface area contributed by atoms with Crippen molar-refractivity contribution in [2.75, 3.05) is 6.54 Å². The predicted molar refractivity (Wildman–Crippen MR) is 72.1 cm³/mol. The lowest BCUT2D eigenvalue weighted by Crippen LogP contribution is -2.17. The van der Waals surface area contributed by atoms with E-state index in [1.807, 2.05) is 10.6 Å². The summed E-state index contributed by atoms with van der Waals surface area (Å²) in [5, 5.41) is 0. The van der Waals surface area contributed by atoms with E-state index in [4.69, 9.17) is 12.2 Å². The van der Waals surface area contributed by atoms with Gasteiger partial charge in [0.25, 0.3) is 5.56 Å². The van der Waals surface area contributed by atoms with E-state index in [2.05, 4.69) is 16.9 Å². The maximum Gasteiger partial charge on any atom is 0.252 e. The van der Waals surface area contributed by atoms with E-state index in [1.54, 1.807) is 12.3 Å². The van der Waals surface area contributed by atoms with Crippen LogP contribution in [-0.2, 0) is 6.54 Å². The van der Waals surface area contributed by atoms with Gasteiger partial charge in [-0.15, -0.1) is 0 Å². The van der Waals surface area contributed by atoms with E-state index in [0.717, 1.165) is 30.7 Å². The molecule has 2 rings (SSSR count). The van der Waals surface area contributed by atoms with Crippen LogP contribution in [0.4, 0.5) is 0 Å². The number of hydrogen-bond acceptors (Lipinski definition) is 3. The van der Waals surface area contributed by atoms with E-state index >= 15 is 0 Å². The molecule has 17 heavy (non-hydrogen) atoms. The zero-order chi connectivity index (χ0) is 12.3. The van der Waals surface area contributed by atoms with E-state index < -0.39 is 0 Å². The van der Waals surface area contributed by atoms with Crippen LogP contribution in [0.25, 0.3) is 5.57 Å². The molecular weight excluding hydrogens is 234 g/mol. The Kier molecular flexibility index (Phi) is 3.68. The molecule has 5 heteroatoms. The molecule has 1 aliphatic heterocycles. The van der Waals surface area contributed by atoms with E-state index in [-0.39, 0.29) is 5.56 Å². The Morgan fingerprint density at radius 3 is 3.06 bits per heavy atom. The maximum absolute atomic E-state index is 11.5. The zero-order valence-electron chi connectivity index (χ0n) is 9.77. The minimum absolute atomic E-state index is 0.148. The number of unbranched alkanes of at least 4 members (excludes halogenated alkanes) is 1. The smallest absolute Gasteiger partial charge is 0.252 e. The maximum atomic E-state index is 11.5. The summed E-state index contributed by atoms with van der Waals surface area (Å²) in [5.41, 5.74) is 1.80. The number of allylic oxidation sites excluding steroid dienone is 1. The molecule has 0 radical (unpaired) electrons. The van der Waals surface area contributed by atoms with Gasteiger partial charge >= 0.3 is 0 Å². The highest BCUT2D eigenvalue weighted by atomic mass is 32.1. The molecule has 4 nitrogen and oxygen atoms in total. The van der Waals surface area contributed by atoms with Gasteiger partial charge in [0, 0.05) is 18.8 Å². The van der Waals surface area contributed by atoms with Crippen LogP contribution in [0, 0.1) is 4.77 Å². The monoisotopic (exact) mass is 249 g/mol. The molecule has 0 aromatic carbocycles. The van der Waals surface area contributed by atoms with Crippen LogP contribution in [0.3, 0.4) is 0 Å². The molecule has 0 aliphatic carbocycles. The van der Waals surface area contributed by atoms with Gasteiger partial charge in [-0.25, -0.2) is 0 Å². The molecule has 90 valence electrons. The lowest BCUT2D eigenvalue weighted by Gasteiger charge is -2.13. The molecule has 0 amide bonds. The van der Waals surface area contributed by atoms with Crippen molar-refractivity contribution in [3.8, 4) is 0 Å². The molecular formula is C12H15N3OS. The van der Waals surface area contributed by atoms with Crippen molar-refractivity contribution in [1.82, 2.24) is 9.55 Å². The molecule has 0 saturated heterocycles. The van der Waals surface area contributed by atoms with Crippen molar-refractivity contribution in [3.63, 3.8) is 0 Å². The van der Waals surface area contributed by atoms with Crippen molar-refractivity contribution >= 4 is 24.0 Å². The molecule has 0 saturated carbocycles. The average Bonchev–Trinajstić information content (AvgIpc) is 2.80. The first kappa shape index (κ1) is 12.0. The highest BCUT2D eigenvalue weighted by Crippen LogP contribution is 2.16. The third-order valence-electron chi connectivity index (χ3n) is 2.74. The summed E-state index contributed by atoms with van der Waals surface area (Å²) in [6.07, 6.45) is 5.84. The second-order valence-electron chi connectivity index (χ2n) is 4.01. The molecule has 1 aromatic rings. The lowest BCUT2D eigenvalue weighted by molar-refractivity contribution is 0.603. The van der Waals surface area contributed by atoms with Gasteiger partial charge in [0.1, 0.15) is 0 Å². The van der Waals surface area contributed by atoms with Gasteiger partial charge < -0.3 is 4.57 Å². The van der Waals surface area contributed by atoms with Crippen LogP contribution in [0.2, 0.25) is 0 Å². The Hall–Kier alpha value is -1.49. The first-order valence-corrected chi connectivity index (χ1v) is 6.16. The fourth-order valence-electron chi connectivity index (χ4n) is 1.84. The molecule has 0 fully saturated rings. The third-order valence-corrected chi connectivity index (χ3v) is 3.06. The minimum Gasteiger partial charge on any atom is -0.318 e. The number of rotatable bonds is 4. The van der Waals surface area contributed by atoms with E-state index in [0.29, 0.717) is 11.3 Å². The first-order valence-electron chi connectivity index (χ1n) is 5.76. The van der Waals surface area contributed by atoms with E-state index in [9.17, 15) is 4.79 Å². The van der Waals surface area contributed by atoms with Crippen LogP contribution >= 0.6 is 12.2 Å². The van der Waals surface area contributed by atoms with Crippen molar-refractivity contribution in [2.45, 2.75) is 26.3 Å². The number of H-pyrrole nitrogens is 1.